The highest BCUT2D eigenvalue weighted by Crippen LogP contribution is 2.38. The molecule has 2 aliphatic heterocycles. The van der Waals surface area contributed by atoms with Crippen LogP contribution in [0, 0.1) is 5.82 Å². The molecule has 5 rings (SSSR count). The highest BCUT2D eigenvalue weighted by Gasteiger charge is 2.39. The average molecular weight is 533 g/mol. The first-order chi connectivity index (χ1) is 18.4. The topological polar surface area (TPSA) is 92.6 Å². The van der Waals surface area contributed by atoms with Gasteiger partial charge in [-0.15, -0.1) is 0 Å². The number of halogens is 1. The molecular formula is C28H25FN4O4S. The maximum Gasteiger partial charge on any atom is 0.262 e. The van der Waals surface area contributed by atoms with Gasteiger partial charge in [-0.2, -0.15) is 10.1 Å². The third-order valence-electron chi connectivity index (χ3n) is 6.26. The van der Waals surface area contributed by atoms with E-state index >= 15 is 0 Å². The molecule has 8 nitrogen and oxygen atoms in total. The van der Waals surface area contributed by atoms with E-state index in [0.29, 0.717) is 23.0 Å². The van der Waals surface area contributed by atoms with E-state index in [9.17, 15) is 14.0 Å². The van der Waals surface area contributed by atoms with Gasteiger partial charge in [-0.1, -0.05) is 23.9 Å². The number of amides is 2. The number of aliphatic imine (C=N–C) groups is 1. The lowest BCUT2D eigenvalue weighted by atomic mass is 9.98. The summed E-state index contributed by atoms with van der Waals surface area (Å²) in [6.07, 6.45) is 0.501. The number of nitrogens with one attached hydrogen (secondary N) is 1. The monoisotopic (exact) mass is 532 g/mol. The van der Waals surface area contributed by atoms with E-state index < -0.39 is 5.25 Å². The highest BCUT2D eigenvalue weighted by molar-refractivity contribution is 8.15. The Morgan fingerprint density at radius 1 is 1.00 bits per heavy atom. The largest absolute Gasteiger partial charge is 0.497 e. The molecule has 0 saturated heterocycles. The van der Waals surface area contributed by atoms with Crippen LogP contribution < -0.4 is 14.8 Å². The van der Waals surface area contributed by atoms with E-state index in [0.717, 1.165) is 22.6 Å². The van der Waals surface area contributed by atoms with Crippen LogP contribution in [-0.2, 0) is 9.59 Å². The quantitative estimate of drug-likeness (QED) is 0.459. The third-order valence-corrected chi connectivity index (χ3v) is 7.40. The fourth-order valence-electron chi connectivity index (χ4n) is 4.25. The van der Waals surface area contributed by atoms with E-state index in [1.807, 2.05) is 24.3 Å². The van der Waals surface area contributed by atoms with Gasteiger partial charge < -0.3 is 14.8 Å². The Morgan fingerprint density at radius 2 is 1.63 bits per heavy atom. The van der Waals surface area contributed by atoms with Crippen molar-refractivity contribution >= 4 is 40.1 Å². The van der Waals surface area contributed by atoms with Crippen molar-refractivity contribution in [3.63, 3.8) is 0 Å². The first-order valence-electron chi connectivity index (χ1n) is 11.9. The van der Waals surface area contributed by atoms with Crippen molar-refractivity contribution in [1.82, 2.24) is 5.01 Å². The zero-order valence-electron chi connectivity index (χ0n) is 20.8. The van der Waals surface area contributed by atoms with Gasteiger partial charge in [0.2, 0.25) is 5.91 Å². The Balaban J connectivity index is 1.33. The molecule has 0 fully saturated rings. The predicted octanol–water partition coefficient (Wildman–Crippen LogP) is 5.02. The van der Waals surface area contributed by atoms with Gasteiger partial charge in [-0.3, -0.25) is 9.59 Å². The van der Waals surface area contributed by atoms with Crippen LogP contribution >= 0.6 is 11.8 Å². The minimum Gasteiger partial charge on any atom is -0.497 e. The number of benzene rings is 3. The number of carbonyl (C=O) groups excluding carboxylic acids is 2. The molecule has 0 radical (unpaired) electrons. The molecule has 3 aromatic carbocycles. The number of nitrogens with zero attached hydrogens (tertiary/aromatic N) is 3. The SMILES string of the molecule is COc1ccc(NC(=O)C[C@H]2SC(N3N=C(c4ccc(OC)cc4)C[C@H]3c3ccc(F)cc3)=NC2=O)cc1. The molecule has 0 saturated carbocycles. The maximum absolute atomic E-state index is 13.6. The maximum atomic E-state index is 13.6. The Kier molecular flexibility index (Phi) is 7.41. The molecule has 2 amide bonds. The lowest BCUT2D eigenvalue weighted by Gasteiger charge is -2.23. The van der Waals surface area contributed by atoms with E-state index in [-0.39, 0.29) is 30.1 Å². The van der Waals surface area contributed by atoms with Gasteiger partial charge in [0.15, 0.2) is 5.17 Å². The summed E-state index contributed by atoms with van der Waals surface area (Å²) in [5, 5.41) is 9.06. The van der Waals surface area contributed by atoms with E-state index in [1.165, 1.54) is 23.9 Å². The number of hydrazone groups is 1. The molecular weight excluding hydrogens is 507 g/mol. The molecule has 3 aromatic rings. The summed E-state index contributed by atoms with van der Waals surface area (Å²) >= 11 is 1.21. The van der Waals surface area contributed by atoms with Crippen molar-refractivity contribution < 1.29 is 23.5 Å². The second-order valence-electron chi connectivity index (χ2n) is 8.71. The Morgan fingerprint density at radius 3 is 2.26 bits per heavy atom. The van der Waals surface area contributed by atoms with Gasteiger partial charge in [0.25, 0.3) is 5.91 Å². The minimum atomic E-state index is -0.669. The summed E-state index contributed by atoms with van der Waals surface area (Å²) in [6.45, 7) is 0. The van der Waals surface area contributed by atoms with Crippen LogP contribution in [0.5, 0.6) is 11.5 Å². The van der Waals surface area contributed by atoms with Gasteiger partial charge in [0.1, 0.15) is 22.6 Å². The molecule has 1 N–H and O–H groups in total. The lowest BCUT2D eigenvalue weighted by molar-refractivity contribution is -0.121. The smallest absolute Gasteiger partial charge is 0.262 e. The summed E-state index contributed by atoms with van der Waals surface area (Å²) in [6, 6.07) is 20.5. The molecule has 194 valence electrons. The van der Waals surface area contributed by atoms with Crippen molar-refractivity contribution in [2.75, 3.05) is 19.5 Å². The van der Waals surface area contributed by atoms with Gasteiger partial charge >= 0.3 is 0 Å². The van der Waals surface area contributed by atoms with Crippen molar-refractivity contribution in [3.05, 3.63) is 89.7 Å². The van der Waals surface area contributed by atoms with Crippen molar-refractivity contribution in [2.24, 2.45) is 10.1 Å². The summed E-state index contributed by atoms with van der Waals surface area (Å²) in [5.74, 6) is 0.396. The fourth-order valence-corrected chi connectivity index (χ4v) is 5.31. The van der Waals surface area contributed by atoms with Crippen LogP contribution in [0.4, 0.5) is 10.1 Å². The van der Waals surface area contributed by atoms with Crippen LogP contribution in [0.3, 0.4) is 0 Å². The molecule has 2 heterocycles. The summed E-state index contributed by atoms with van der Waals surface area (Å²) < 4.78 is 24.0. The molecule has 0 aliphatic carbocycles. The third kappa shape index (κ3) is 5.55. The van der Waals surface area contributed by atoms with Gasteiger partial charge in [0, 0.05) is 18.5 Å². The van der Waals surface area contributed by atoms with E-state index in [4.69, 9.17) is 14.6 Å². The average Bonchev–Trinajstić information content (AvgIpc) is 3.53. The molecule has 0 unspecified atom stereocenters. The Hall–Kier alpha value is -4.18. The number of anilines is 1. The number of carbonyl (C=O) groups is 2. The summed E-state index contributed by atoms with van der Waals surface area (Å²) in [4.78, 5) is 29.7. The first kappa shape index (κ1) is 25.5. The van der Waals surface area contributed by atoms with Crippen LogP contribution in [0.2, 0.25) is 0 Å². The molecule has 2 atom stereocenters. The normalized spacial score (nSPS) is 18.7. The number of amidine groups is 1. The molecule has 0 spiro atoms. The number of hydrogen-bond acceptors (Lipinski definition) is 7. The number of ether oxygens (including phenoxy) is 2. The summed E-state index contributed by atoms with van der Waals surface area (Å²) in [5.41, 5.74) is 3.16. The van der Waals surface area contributed by atoms with Crippen LogP contribution in [0.15, 0.2) is 82.9 Å². The van der Waals surface area contributed by atoms with Crippen LogP contribution in [0.25, 0.3) is 0 Å². The fraction of sp³-hybridized carbons (Fsp3) is 0.214. The second-order valence-corrected chi connectivity index (χ2v) is 9.88. The zero-order chi connectivity index (χ0) is 26.6. The summed E-state index contributed by atoms with van der Waals surface area (Å²) in [7, 11) is 3.17. The van der Waals surface area contributed by atoms with Crippen LogP contribution in [0.1, 0.15) is 30.0 Å². The van der Waals surface area contributed by atoms with Crippen molar-refractivity contribution in [3.8, 4) is 11.5 Å². The van der Waals surface area contributed by atoms with Gasteiger partial charge in [-0.25, -0.2) is 9.40 Å². The molecule has 2 aliphatic rings. The number of rotatable bonds is 7. The first-order valence-corrected chi connectivity index (χ1v) is 12.8. The van der Waals surface area contributed by atoms with Gasteiger partial charge in [0.05, 0.1) is 26.0 Å². The number of methoxy groups -OCH3 is 2. The molecule has 0 bridgehead atoms. The highest BCUT2D eigenvalue weighted by atomic mass is 32.2. The number of thioether (sulfide) groups is 1. The van der Waals surface area contributed by atoms with E-state index in [1.54, 1.807) is 55.6 Å². The zero-order valence-corrected chi connectivity index (χ0v) is 21.6. The molecule has 0 aromatic heterocycles. The van der Waals surface area contributed by atoms with Crippen molar-refractivity contribution in [1.29, 1.82) is 0 Å². The second kappa shape index (κ2) is 11.1. The number of hydrogen-bond donors (Lipinski definition) is 1. The Labute approximate surface area is 223 Å². The van der Waals surface area contributed by atoms with Crippen molar-refractivity contribution in [2.45, 2.75) is 24.1 Å². The van der Waals surface area contributed by atoms with Gasteiger partial charge in [-0.05, 0) is 71.8 Å². The molecule has 10 heteroatoms. The molecule has 38 heavy (non-hydrogen) atoms. The minimum absolute atomic E-state index is 0.0351. The predicted molar refractivity (Wildman–Crippen MR) is 145 cm³/mol. The van der Waals surface area contributed by atoms with Crippen LogP contribution in [-0.4, -0.2) is 47.2 Å². The lowest BCUT2D eigenvalue weighted by Crippen LogP contribution is -2.25. The standard InChI is InChI=1S/C28H25FN4O4S/c1-36-21-11-5-17(6-12-21)23-15-24(18-3-7-19(29)8-4-18)33(32-23)28-31-27(35)25(38-28)16-26(34)30-20-9-13-22(37-2)14-10-20/h3-14,24-25H,15-16H2,1-2H3,(H,30,34)/t24-,25+/m0/s1. The Bertz CT molecular complexity index is 1390. The van der Waals surface area contributed by atoms with E-state index in [2.05, 4.69) is 10.3 Å².